The van der Waals surface area contributed by atoms with Crippen molar-refractivity contribution >= 4 is 5.78 Å². The molecule has 0 atom stereocenters. The Balaban J connectivity index is 1.55. The van der Waals surface area contributed by atoms with Crippen molar-refractivity contribution in [3.8, 4) is 16.8 Å². The number of hydrogen-bond donors (Lipinski definition) is 0. The summed E-state index contributed by atoms with van der Waals surface area (Å²) in [5, 5.41) is 0. The average molecular weight is 388 g/mol. The molecule has 3 aromatic rings. The number of piperazine rings is 1. The molecule has 4 nitrogen and oxygen atoms in total. The molecule has 0 spiro atoms. The molecule has 0 N–H and O–H groups in total. The predicted molar refractivity (Wildman–Crippen MR) is 119 cm³/mol. The van der Waals surface area contributed by atoms with E-state index in [1.807, 2.05) is 12.1 Å². The molecule has 4 rings (SSSR count). The van der Waals surface area contributed by atoms with Gasteiger partial charge in [-0.25, -0.2) is 0 Å². The maximum atomic E-state index is 13.0. The Kier molecular flexibility index (Phi) is 5.65. The van der Waals surface area contributed by atoms with Crippen molar-refractivity contribution in [3.05, 3.63) is 77.6 Å². The van der Waals surface area contributed by atoms with E-state index in [0.717, 1.165) is 48.8 Å². The molecule has 1 saturated heterocycles. The molecule has 1 aliphatic heterocycles. The van der Waals surface area contributed by atoms with Crippen LogP contribution in [0.25, 0.3) is 16.8 Å². The lowest BCUT2D eigenvalue weighted by atomic mass is 10.1. The summed E-state index contributed by atoms with van der Waals surface area (Å²) < 4.78 is 2.19. The van der Waals surface area contributed by atoms with Crippen LogP contribution in [0.4, 0.5) is 0 Å². The van der Waals surface area contributed by atoms with Crippen LogP contribution in [0.1, 0.15) is 21.7 Å². The molecule has 1 aromatic heterocycles. The van der Waals surface area contributed by atoms with Crippen molar-refractivity contribution < 1.29 is 4.79 Å². The number of nitrogens with zero attached hydrogens (tertiary/aromatic N) is 3. The Labute approximate surface area is 173 Å². The minimum Gasteiger partial charge on any atom is -0.318 e. The highest BCUT2D eigenvalue weighted by molar-refractivity contribution is 5.99. The first kappa shape index (κ1) is 19.6. The molecule has 0 unspecified atom stereocenters. The highest BCUT2D eigenvalue weighted by Crippen LogP contribution is 2.25. The van der Waals surface area contributed by atoms with Crippen molar-refractivity contribution in [2.45, 2.75) is 13.8 Å². The van der Waals surface area contributed by atoms with Crippen LogP contribution in [-0.2, 0) is 0 Å². The number of rotatable bonds is 5. The third-order valence-electron chi connectivity index (χ3n) is 5.93. The zero-order chi connectivity index (χ0) is 20.4. The van der Waals surface area contributed by atoms with E-state index in [-0.39, 0.29) is 5.78 Å². The quantitative estimate of drug-likeness (QED) is 0.615. The summed E-state index contributed by atoms with van der Waals surface area (Å²) in [5.41, 5.74) is 6.46. The maximum Gasteiger partial charge on any atom is 0.178 e. The van der Waals surface area contributed by atoms with Crippen molar-refractivity contribution in [1.29, 1.82) is 0 Å². The number of Topliss-reactive ketones (excluding diaryl/α,β-unsaturated/α-hetero) is 1. The van der Waals surface area contributed by atoms with Crippen molar-refractivity contribution in [2.75, 3.05) is 39.8 Å². The van der Waals surface area contributed by atoms with Crippen molar-refractivity contribution in [2.24, 2.45) is 0 Å². The number of likely N-dealkylation sites (N-methyl/N-ethyl adjacent to an activating group) is 1. The van der Waals surface area contributed by atoms with Crippen molar-refractivity contribution in [1.82, 2.24) is 14.4 Å². The summed E-state index contributed by atoms with van der Waals surface area (Å²) in [4.78, 5) is 17.6. The fourth-order valence-electron chi connectivity index (χ4n) is 4.17. The highest BCUT2D eigenvalue weighted by atomic mass is 16.1. The lowest BCUT2D eigenvalue weighted by molar-refractivity contribution is 0.0876. The van der Waals surface area contributed by atoms with E-state index in [1.165, 1.54) is 11.1 Å². The van der Waals surface area contributed by atoms with Gasteiger partial charge in [-0.15, -0.1) is 0 Å². The molecule has 0 bridgehead atoms. The van der Waals surface area contributed by atoms with Gasteiger partial charge in [0.2, 0.25) is 0 Å². The molecule has 0 radical (unpaired) electrons. The van der Waals surface area contributed by atoms with Crippen LogP contribution in [-0.4, -0.2) is 59.9 Å². The molecular weight excluding hydrogens is 358 g/mol. The smallest absolute Gasteiger partial charge is 0.178 e. The van der Waals surface area contributed by atoms with Crippen LogP contribution < -0.4 is 0 Å². The largest absolute Gasteiger partial charge is 0.318 e. The second-order valence-electron chi connectivity index (χ2n) is 8.04. The van der Waals surface area contributed by atoms with Gasteiger partial charge in [0, 0.05) is 48.8 Å². The molecule has 1 fully saturated rings. The minimum atomic E-state index is 0.217. The minimum absolute atomic E-state index is 0.217. The second-order valence-corrected chi connectivity index (χ2v) is 8.04. The number of carbonyl (C=O) groups excluding carboxylic acids is 1. The Morgan fingerprint density at radius 2 is 1.48 bits per heavy atom. The molecule has 4 heteroatoms. The third-order valence-corrected chi connectivity index (χ3v) is 5.93. The molecule has 150 valence electrons. The van der Waals surface area contributed by atoms with E-state index in [9.17, 15) is 4.79 Å². The molecule has 0 amide bonds. The lowest BCUT2D eigenvalue weighted by Crippen LogP contribution is -2.46. The van der Waals surface area contributed by atoms with Gasteiger partial charge in [-0.05, 0) is 50.2 Å². The summed E-state index contributed by atoms with van der Waals surface area (Å²) in [6.45, 7) is 8.61. The maximum absolute atomic E-state index is 13.0. The molecule has 0 aliphatic carbocycles. The zero-order valence-electron chi connectivity index (χ0n) is 17.6. The normalized spacial score (nSPS) is 15.6. The van der Waals surface area contributed by atoms with E-state index in [1.54, 1.807) is 0 Å². The zero-order valence-corrected chi connectivity index (χ0v) is 17.6. The van der Waals surface area contributed by atoms with Crippen molar-refractivity contribution in [3.63, 3.8) is 0 Å². The number of aryl methyl sites for hydroxylation is 1. The van der Waals surface area contributed by atoms with Crippen LogP contribution in [0, 0.1) is 13.8 Å². The molecule has 2 aromatic carbocycles. The molecule has 1 aliphatic rings. The molecule has 0 saturated carbocycles. The SMILES string of the molecule is Cc1cc(C(=O)CN2CCN(C)CC2)c(C)n1-c1ccc(-c2ccccc2)cc1. The highest BCUT2D eigenvalue weighted by Gasteiger charge is 2.21. The first-order valence-electron chi connectivity index (χ1n) is 10.3. The van der Waals surface area contributed by atoms with E-state index in [0.29, 0.717) is 6.54 Å². The van der Waals surface area contributed by atoms with Crippen LogP contribution >= 0.6 is 0 Å². The lowest BCUT2D eigenvalue weighted by Gasteiger charge is -2.31. The summed E-state index contributed by atoms with van der Waals surface area (Å²) in [6.07, 6.45) is 0. The van der Waals surface area contributed by atoms with Gasteiger partial charge in [-0.3, -0.25) is 9.69 Å². The van der Waals surface area contributed by atoms with Gasteiger partial charge < -0.3 is 9.47 Å². The monoisotopic (exact) mass is 387 g/mol. The van der Waals surface area contributed by atoms with E-state index >= 15 is 0 Å². The molecule has 29 heavy (non-hydrogen) atoms. The van der Waals surface area contributed by atoms with Gasteiger partial charge in [0.05, 0.1) is 6.54 Å². The van der Waals surface area contributed by atoms with Crippen LogP contribution in [0.15, 0.2) is 60.7 Å². The fraction of sp³-hybridized carbons (Fsp3) is 0.320. The Morgan fingerprint density at radius 1 is 0.862 bits per heavy atom. The van der Waals surface area contributed by atoms with Gasteiger partial charge >= 0.3 is 0 Å². The van der Waals surface area contributed by atoms with Gasteiger partial charge in [0.25, 0.3) is 0 Å². The summed E-state index contributed by atoms with van der Waals surface area (Å²) >= 11 is 0. The van der Waals surface area contributed by atoms with Gasteiger partial charge in [-0.2, -0.15) is 0 Å². The van der Waals surface area contributed by atoms with E-state index in [2.05, 4.69) is 83.8 Å². The van der Waals surface area contributed by atoms with E-state index in [4.69, 9.17) is 0 Å². The molecular formula is C25H29N3O. The van der Waals surface area contributed by atoms with Gasteiger partial charge in [0.15, 0.2) is 5.78 Å². The number of carbonyl (C=O) groups is 1. The standard InChI is InChI=1S/C25H29N3O/c1-19-17-24(25(29)18-27-15-13-26(3)14-16-27)20(2)28(19)23-11-9-22(10-12-23)21-7-5-4-6-8-21/h4-12,17H,13-16,18H2,1-3H3. The topological polar surface area (TPSA) is 28.5 Å². The molecule has 2 heterocycles. The first-order valence-corrected chi connectivity index (χ1v) is 10.3. The Bertz CT molecular complexity index is 981. The van der Waals surface area contributed by atoms with E-state index < -0.39 is 0 Å². The second kappa shape index (κ2) is 8.36. The van der Waals surface area contributed by atoms with Crippen LogP contribution in [0.5, 0.6) is 0 Å². The number of benzene rings is 2. The summed E-state index contributed by atoms with van der Waals surface area (Å²) in [6, 6.07) is 21.0. The first-order chi connectivity index (χ1) is 14.0. The predicted octanol–water partition coefficient (Wildman–Crippen LogP) is 4.19. The van der Waals surface area contributed by atoms with Gasteiger partial charge in [0.1, 0.15) is 0 Å². The number of hydrogen-bond acceptors (Lipinski definition) is 3. The third kappa shape index (κ3) is 4.19. The van der Waals surface area contributed by atoms with Gasteiger partial charge in [-0.1, -0.05) is 42.5 Å². The number of ketones is 1. The summed E-state index contributed by atoms with van der Waals surface area (Å²) in [7, 11) is 2.13. The fourth-order valence-corrected chi connectivity index (χ4v) is 4.17. The Hall–Kier alpha value is -2.69. The van der Waals surface area contributed by atoms with Crippen LogP contribution in [0.3, 0.4) is 0 Å². The number of aromatic nitrogens is 1. The average Bonchev–Trinajstić information content (AvgIpc) is 3.04. The summed E-state index contributed by atoms with van der Waals surface area (Å²) in [5.74, 6) is 0.217. The Morgan fingerprint density at radius 3 is 2.14 bits per heavy atom. The van der Waals surface area contributed by atoms with Crippen LogP contribution in [0.2, 0.25) is 0 Å².